The highest BCUT2D eigenvalue weighted by molar-refractivity contribution is 6.62. The van der Waals surface area contributed by atoms with Crippen molar-refractivity contribution in [1.29, 1.82) is 0 Å². The van der Waals surface area contributed by atoms with E-state index in [1.54, 1.807) is 31.2 Å². The number of fused-ring (bicyclic) bond motifs is 3. The van der Waals surface area contributed by atoms with Crippen molar-refractivity contribution in [2.45, 2.75) is 39.5 Å². The van der Waals surface area contributed by atoms with Crippen LogP contribution in [0.2, 0.25) is 0 Å². The van der Waals surface area contributed by atoms with Gasteiger partial charge in [0.05, 0.1) is 12.1 Å². The third-order valence-electron chi connectivity index (χ3n) is 5.48. The molecule has 0 aliphatic carbocycles. The third-order valence-corrected chi connectivity index (χ3v) is 5.48. The molecule has 32 heavy (non-hydrogen) atoms. The van der Waals surface area contributed by atoms with Crippen LogP contribution < -0.4 is 0 Å². The Morgan fingerprint density at radius 1 is 1.19 bits per heavy atom. The number of amides is 2. The molecule has 0 radical (unpaired) electrons. The van der Waals surface area contributed by atoms with E-state index >= 15 is 0 Å². The van der Waals surface area contributed by atoms with Crippen LogP contribution in [-0.2, 0) is 20.7 Å². The maximum absolute atomic E-state index is 13.4. The second-order valence-corrected chi connectivity index (χ2v) is 7.36. The summed E-state index contributed by atoms with van der Waals surface area (Å²) in [5.74, 6) is -3.11. The van der Waals surface area contributed by atoms with E-state index < -0.39 is 23.5 Å². The fourth-order valence-electron chi connectivity index (χ4n) is 3.76. The zero-order valence-corrected chi connectivity index (χ0v) is 18.1. The van der Waals surface area contributed by atoms with Crippen molar-refractivity contribution in [1.82, 2.24) is 9.47 Å². The number of rotatable bonds is 7. The predicted octanol–water partition coefficient (Wildman–Crippen LogP) is 2.79. The first-order chi connectivity index (χ1) is 15.3. The van der Waals surface area contributed by atoms with Gasteiger partial charge in [0.1, 0.15) is 5.69 Å². The van der Waals surface area contributed by atoms with E-state index in [-0.39, 0.29) is 31.2 Å². The fraction of sp³-hybridized carbons (Fsp3) is 0.348. The molecule has 2 heterocycles. The van der Waals surface area contributed by atoms with Gasteiger partial charge in [0.25, 0.3) is 5.91 Å². The average molecular weight is 436 g/mol. The molecular weight excluding hydrogens is 412 g/mol. The first-order valence-corrected chi connectivity index (χ1v) is 10.4. The van der Waals surface area contributed by atoms with Crippen LogP contribution >= 0.6 is 0 Å². The number of hydrogen-bond acceptors (Lipinski definition) is 5. The molecule has 1 aliphatic rings. The van der Waals surface area contributed by atoms with Crippen LogP contribution in [0.15, 0.2) is 36.4 Å². The molecule has 0 atom stereocenters. The second-order valence-electron chi connectivity index (χ2n) is 7.36. The highest BCUT2D eigenvalue weighted by Crippen LogP contribution is 2.31. The van der Waals surface area contributed by atoms with Gasteiger partial charge in [-0.05, 0) is 37.8 Å². The lowest BCUT2D eigenvalue weighted by atomic mass is 10.0. The third kappa shape index (κ3) is 4.02. The Morgan fingerprint density at radius 3 is 2.56 bits per heavy atom. The highest BCUT2D eigenvalue weighted by atomic mass is 16.5. The largest absolute Gasteiger partial charge is 0.463 e. The van der Waals surface area contributed by atoms with Gasteiger partial charge in [0, 0.05) is 18.4 Å². The number of allylic oxidation sites excluding steroid dienone is 1. The number of benzene rings is 1. The Morgan fingerprint density at radius 2 is 1.91 bits per heavy atom. The number of ether oxygens (including phenoxy) is 1. The Labute approximate surface area is 184 Å². The van der Waals surface area contributed by atoms with Gasteiger partial charge in [-0.3, -0.25) is 23.9 Å². The second kappa shape index (κ2) is 9.53. The lowest BCUT2D eigenvalue weighted by Crippen LogP contribution is -2.44. The number of carbonyl (C=O) groups is 4. The maximum atomic E-state index is 13.4. The molecule has 9 nitrogen and oxygen atoms in total. The van der Waals surface area contributed by atoms with Crippen molar-refractivity contribution in [2.75, 3.05) is 13.2 Å². The SMILES string of the molecule is C=C(CC)CCC(=O)N1CCc2c(n(C(=O)C(=[N+]=[N-])C(=O)OCC)c3ccccc23)C1=O. The molecule has 0 fully saturated rings. The molecule has 0 saturated heterocycles. The molecule has 9 heteroatoms. The summed E-state index contributed by atoms with van der Waals surface area (Å²) < 4.78 is 5.83. The molecule has 1 aromatic heterocycles. The topological polar surface area (TPSA) is 122 Å². The lowest BCUT2D eigenvalue weighted by Gasteiger charge is -2.26. The number of carbonyl (C=O) groups excluding carboxylic acids is 4. The molecule has 2 aromatic rings. The molecule has 1 aliphatic heterocycles. The monoisotopic (exact) mass is 436 g/mol. The minimum Gasteiger partial charge on any atom is -0.457 e. The van der Waals surface area contributed by atoms with Crippen molar-refractivity contribution >= 4 is 40.3 Å². The predicted molar refractivity (Wildman–Crippen MR) is 116 cm³/mol. The maximum Gasteiger partial charge on any atom is 0.463 e. The van der Waals surface area contributed by atoms with Gasteiger partial charge < -0.3 is 10.3 Å². The van der Waals surface area contributed by atoms with Crippen LogP contribution in [0.5, 0.6) is 0 Å². The van der Waals surface area contributed by atoms with Crippen LogP contribution in [0, 0.1) is 0 Å². The van der Waals surface area contributed by atoms with Gasteiger partial charge in [0.15, 0.2) is 0 Å². The van der Waals surface area contributed by atoms with Crippen molar-refractivity contribution in [2.24, 2.45) is 0 Å². The Balaban J connectivity index is 2.08. The number of imide groups is 1. The summed E-state index contributed by atoms with van der Waals surface area (Å²) in [5, 5.41) is 0.650. The Kier molecular flexibility index (Phi) is 6.80. The van der Waals surface area contributed by atoms with E-state index in [1.165, 1.54) is 0 Å². The quantitative estimate of drug-likeness (QED) is 0.165. The number of nitrogens with zero attached hydrogens (tertiary/aromatic N) is 4. The normalized spacial score (nSPS) is 12.8. The molecule has 0 spiro atoms. The molecular formula is C23H24N4O5. The van der Waals surface area contributed by atoms with Crippen molar-refractivity contribution < 1.29 is 28.7 Å². The van der Waals surface area contributed by atoms with E-state index in [9.17, 15) is 24.7 Å². The van der Waals surface area contributed by atoms with Gasteiger partial charge in [-0.15, -0.1) is 0 Å². The van der Waals surface area contributed by atoms with E-state index in [4.69, 9.17) is 4.74 Å². The molecule has 2 amide bonds. The van der Waals surface area contributed by atoms with Gasteiger partial charge in [-0.25, -0.2) is 4.79 Å². The number of para-hydroxylation sites is 1. The molecule has 1 aromatic carbocycles. The Hall–Kier alpha value is -3.84. The van der Waals surface area contributed by atoms with Crippen LogP contribution in [-0.4, -0.2) is 56.8 Å². The summed E-state index contributed by atoms with van der Waals surface area (Å²) in [6.07, 6.45) is 1.70. The van der Waals surface area contributed by atoms with Gasteiger partial charge in [-0.2, -0.15) is 4.79 Å². The van der Waals surface area contributed by atoms with Crippen LogP contribution in [0.4, 0.5) is 0 Å². The molecule has 0 saturated carbocycles. The summed E-state index contributed by atoms with van der Waals surface area (Å²) in [6.45, 7) is 7.53. The molecule has 0 unspecified atom stereocenters. The van der Waals surface area contributed by atoms with E-state index in [1.807, 2.05) is 6.92 Å². The zero-order valence-electron chi connectivity index (χ0n) is 18.1. The van der Waals surface area contributed by atoms with Crippen molar-refractivity contribution in [3.8, 4) is 0 Å². The van der Waals surface area contributed by atoms with Gasteiger partial charge >= 0.3 is 17.6 Å². The van der Waals surface area contributed by atoms with Crippen LogP contribution in [0.3, 0.4) is 0 Å². The zero-order chi connectivity index (χ0) is 23.4. The first kappa shape index (κ1) is 22.8. The smallest absolute Gasteiger partial charge is 0.457 e. The molecule has 166 valence electrons. The molecule has 3 rings (SSSR count). The summed E-state index contributed by atoms with van der Waals surface area (Å²) in [7, 11) is 0. The van der Waals surface area contributed by atoms with Crippen LogP contribution in [0.1, 0.15) is 54.0 Å². The minimum absolute atomic E-state index is 0.0180. The number of hydrogen-bond donors (Lipinski definition) is 0. The van der Waals surface area contributed by atoms with E-state index in [2.05, 4.69) is 11.4 Å². The molecule has 0 N–H and O–H groups in total. The standard InChI is InChI=1S/C23H24N4O5/c1-4-14(3)10-11-18(28)26-13-12-16-15-8-6-7-9-17(15)27(20(16)22(26)30)21(29)19(25-24)23(31)32-5-2/h6-9H,3-5,10-13H2,1-2H3. The minimum atomic E-state index is -1.11. The number of esters is 1. The summed E-state index contributed by atoms with van der Waals surface area (Å²) in [5.41, 5.74) is 10.3. The van der Waals surface area contributed by atoms with Crippen molar-refractivity contribution in [3.05, 3.63) is 53.2 Å². The van der Waals surface area contributed by atoms with E-state index in [0.29, 0.717) is 29.3 Å². The van der Waals surface area contributed by atoms with Gasteiger partial charge in [-0.1, -0.05) is 37.3 Å². The van der Waals surface area contributed by atoms with Gasteiger partial charge in [0.2, 0.25) is 5.91 Å². The summed E-state index contributed by atoms with van der Waals surface area (Å²) in [6, 6.07) is 6.83. The molecule has 0 bridgehead atoms. The first-order valence-electron chi connectivity index (χ1n) is 10.4. The number of aromatic nitrogens is 1. The van der Waals surface area contributed by atoms with Crippen LogP contribution in [0.25, 0.3) is 16.4 Å². The average Bonchev–Trinajstić information content (AvgIpc) is 3.13. The Bertz CT molecular complexity index is 1190. The van der Waals surface area contributed by atoms with Crippen molar-refractivity contribution in [3.63, 3.8) is 0 Å². The van der Waals surface area contributed by atoms with E-state index in [0.717, 1.165) is 21.5 Å². The highest BCUT2D eigenvalue weighted by Gasteiger charge is 2.40. The summed E-state index contributed by atoms with van der Waals surface area (Å²) >= 11 is 0. The summed E-state index contributed by atoms with van der Waals surface area (Å²) in [4.78, 5) is 55.4. The fourth-order valence-corrected chi connectivity index (χ4v) is 3.76. The lowest BCUT2D eigenvalue weighted by molar-refractivity contribution is -0.139.